The number of aliphatic hydroxyl groups is 3. The van der Waals surface area contributed by atoms with Crippen LogP contribution >= 0.6 is 0 Å². The first-order valence-corrected chi connectivity index (χ1v) is 13.9. The van der Waals surface area contributed by atoms with Crippen molar-refractivity contribution in [1.82, 2.24) is 5.32 Å². The van der Waals surface area contributed by atoms with Crippen molar-refractivity contribution in [3.05, 3.63) is 23.8 Å². The molecule has 4 N–H and O–H groups in total. The number of rotatable bonds is 9. The molecule has 0 bridgehead atoms. The lowest BCUT2D eigenvalue weighted by Gasteiger charge is -2.62. The number of ether oxygens (including phenoxy) is 1. The summed E-state index contributed by atoms with van der Waals surface area (Å²) >= 11 is 0. The van der Waals surface area contributed by atoms with E-state index in [1.165, 1.54) is 12.2 Å². The summed E-state index contributed by atoms with van der Waals surface area (Å²) in [7, 11) is 0. The molecule has 0 saturated heterocycles. The number of carbonyl (C=O) groups excluding carboxylic acids is 3. The largest absolute Gasteiger partial charge is 0.441 e. The van der Waals surface area contributed by atoms with Crippen molar-refractivity contribution in [3.63, 3.8) is 0 Å². The van der Waals surface area contributed by atoms with Crippen LogP contribution in [-0.4, -0.2) is 70.1 Å². The molecule has 8 nitrogen and oxygen atoms in total. The lowest BCUT2D eigenvalue weighted by atomic mass is 9.44. The maximum Gasteiger partial charge on any atom is 0.407 e. The number of carbonyl (C=O) groups is 3. The molecule has 0 spiro atoms. The molecule has 9 heteroatoms. The van der Waals surface area contributed by atoms with Crippen LogP contribution in [0.2, 0.25) is 0 Å². The standard InChI is InChI=1S/C29H42FNO7/c1-18-14-22-21-9-8-19-15-20(33)10-11-26(19,2)28(21,30)23(34)16-27(22,3)29(18,37)24(35)17-38-25(36)31-12-6-4-5-7-13-32/h10-11,15,18,21-23,32,34,37H,4-9,12-14,16-17H2,1-3H3,(H,31,36). The van der Waals surface area contributed by atoms with E-state index in [0.717, 1.165) is 12.8 Å². The molecular formula is C29H42FNO7. The second kappa shape index (κ2) is 10.5. The summed E-state index contributed by atoms with van der Waals surface area (Å²) in [6.07, 6.45) is 6.54. The molecule has 3 fully saturated rings. The van der Waals surface area contributed by atoms with Gasteiger partial charge in [0.2, 0.25) is 5.78 Å². The minimum atomic E-state index is -2.04. The van der Waals surface area contributed by atoms with Crippen LogP contribution in [0.3, 0.4) is 0 Å². The van der Waals surface area contributed by atoms with Crippen LogP contribution in [0.25, 0.3) is 0 Å². The van der Waals surface area contributed by atoms with Crippen molar-refractivity contribution >= 4 is 17.7 Å². The highest BCUT2D eigenvalue weighted by Gasteiger charge is 2.75. The third-order valence-corrected chi connectivity index (χ3v) is 10.3. The lowest BCUT2D eigenvalue weighted by molar-refractivity contribution is -0.219. The number of unbranched alkanes of at least 4 members (excludes halogenated alkanes) is 3. The van der Waals surface area contributed by atoms with Gasteiger partial charge in [-0.15, -0.1) is 0 Å². The first-order valence-electron chi connectivity index (χ1n) is 13.9. The van der Waals surface area contributed by atoms with Gasteiger partial charge in [-0.05, 0) is 69.4 Å². The van der Waals surface area contributed by atoms with Crippen molar-refractivity contribution in [3.8, 4) is 0 Å². The Balaban J connectivity index is 1.48. The second-order valence-corrected chi connectivity index (χ2v) is 12.2. The summed E-state index contributed by atoms with van der Waals surface area (Å²) in [4.78, 5) is 37.6. The molecule has 8 unspecified atom stereocenters. The highest BCUT2D eigenvalue weighted by atomic mass is 19.1. The zero-order valence-corrected chi connectivity index (χ0v) is 22.7. The van der Waals surface area contributed by atoms with Crippen molar-refractivity contribution in [2.24, 2.45) is 28.6 Å². The summed E-state index contributed by atoms with van der Waals surface area (Å²) < 4.78 is 22.4. The molecule has 212 valence electrons. The third kappa shape index (κ3) is 4.25. The van der Waals surface area contributed by atoms with E-state index in [2.05, 4.69) is 5.32 Å². The normalized spacial score (nSPS) is 41.6. The third-order valence-electron chi connectivity index (χ3n) is 10.3. The Labute approximate surface area is 223 Å². The predicted molar refractivity (Wildman–Crippen MR) is 138 cm³/mol. The first-order chi connectivity index (χ1) is 17.9. The van der Waals surface area contributed by atoms with Gasteiger partial charge >= 0.3 is 6.09 Å². The quantitative estimate of drug-likeness (QED) is 0.333. The molecule has 4 aliphatic rings. The summed E-state index contributed by atoms with van der Waals surface area (Å²) in [5, 5.41) is 34.7. The topological polar surface area (TPSA) is 133 Å². The van der Waals surface area contributed by atoms with E-state index in [9.17, 15) is 24.6 Å². The molecule has 0 radical (unpaired) electrons. The number of hydrogen-bond donors (Lipinski definition) is 4. The number of alkyl carbamates (subject to hydrolysis) is 1. The molecule has 1 amide bonds. The molecule has 8 atom stereocenters. The second-order valence-electron chi connectivity index (χ2n) is 12.2. The van der Waals surface area contributed by atoms with E-state index in [0.29, 0.717) is 44.2 Å². The van der Waals surface area contributed by atoms with Gasteiger partial charge < -0.3 is 25.4 Å². The fourth-order valence-corrected chi connectivity index (χ4v) is 8.21. The summed E-state index contributed by atoms with van der Waals surface area (Å²) in [5.41, 5.74) is -5.50. The molecular weight excluding hydrogens is 493 g/mol. The van der Waals surface area contributed by atoms with Crippen LogP contribution in [0.15, 0.2) is 23.8 Å². The molecule has 4 rings (SSSR count). The van der Waals surface area contributed by atoms with E-state index in [1.807, 2.05) is 0 Å². The molecule has 0 aliphatic heterocycles. The maximum absolute atomic E-state index is 17.2. The fraction of sp³-hybridized carbons (Fsp3) is 0.759. The predicted octanol–water partition coefficient (Wildman–Crippen LogP) is 3.18. The number of hydrogen-bond acceptors (Lipinski definition) is 7. The van der Waals surface area contributed by atoms with Gasteiger partial charge in [0.15, 0.2) is 18.1 Å². The Bertz CT molecular complexity index is 1030. The molecule has 38 heavy (non-hydrogen) atoms. The van der Waals surface area contributed by atoms with Gasteiger partial charge in [0.25, 0.3) is 0 Å². The minimum Gasteiger partial charge on any atom is -0.441 e. The number of alkyl halides is 1. The van der Waals surface area contributed by atoms with Gasteiger partial charge in [-0.25, -0.2) is 9.18 Å². The molecule has 0 heterocycles. The first kappa shape index (κ1) is 28.9. The van der Waals surface area contributed by atoms with E-state index >= 15 is 4.39 Å². The SMILES string of the molecule is CC1CC2C3CCC4=CC(=O)C=CC4(C)C3(F)C(O)CC2(C)C1(O)C(=O)COC(=O)NCCCCCCO. The number of Topliss-reactive ketones (excluding diaryl/α,β-unsaturated/α-hetero) is 1. The van der Waals surface area contributed by atoms with Crippen molar-refractivity contribution in [2.75, 3.05) is 19.8 Å². The number of halogens is 1. The summed E-state index contributed by atoms with van der Waals surface area (Å²) in [5.74, 6) is -2.34. The van der Waals surface area contributed by atoms with E-state index in [4.69, 9.17) is 9.84 Å². The minimum absolute atomic E-state index is 0.123. The van der Waals surface area contributed by atoms with Crippen LogP contribution in [0.5, 0.6) is 0 Å². The lowest BCUT2D eigenvalue weighted by Crippen LogP contribution is -2.69. The Morgan fingerprint density at radius 2 is 1.89 bits per heavy atom. The number of allylic oxidation sites excluding steroid dienone is 4. The monoisotopic (exact) mass is 535 g/mol. The van der Waals surface area contributed by atoms with Gasteiger partial charge in [0.1, 0.15) is 5.60 Å². The number of nitrogens with one attached hydrogen (secondary N) is 1. The number of ketones is 2. The van der Waals surface area contributed by atoms with Gasteiger partial charge in [0.05, 0.1) is 6.10 Å². The summed E-state index contributed by atoms with van der Waals surface area (Å²) in [6, 6.07) is 0. The zero-order valence-electron chi connectivity index (χ0n) is 22.7. The average Bonchev–Trinajstić information content (AvgIpc) is 3.07. The molecule has 0 aromatic carbocycles. The van der Waals surface area contributed by atoms with Crippen molar-refractivity contribution in [2.45, 2.75) is 89.5 Å². The number of amides is 1. The van der Waals surface area contributed by atoms with Crippen LogP contribution in [-0.2, 0) is 14.3 Å². The molecule has 0 aromatic heterocycles. The van der Waals surface area contributed by atoms with Crippen LogP contribution < -0.4 is 5.32 Å². The fourth-order valence-electron chi connectivity index (χ4n) is 8.21. The van der Waals surface area contributed by atoms with E-state index in [-0.39, 0.29) is 24.7 Å². The van der Waals surface area contributed by atoms with Crippen molar-refractivity contribution in [1.29, 1.82) is 0 Å². The van der Waals surface area contributed by atoms with Crippen LogP contribution in [0.1, 0.15) is 72.1 Å². The molecule has 3 saturated carbocycles. The van der Waals surface area contributed by atoms with E-state index in [1.54, 1.807) is 26.8 Å². The zero-order chi connectivity index (χ0) is 27.9. The van der Waals surface area contributed by atoms with Gasteiger partial charge in [0, 0.05) is 29.9 Å². The molecule has 0 aromatic rings. The summed E-state index contributed by atoms with van der Waals surface area (Å²) in [6.45, 7) is 5.14. The van der Waals surface area contributed by atoms with Crippen LogP contribution in [0.4, 0.5) is 9.18 Å². The highest BCUT2D eigenvalue weighted by molar-refractivity contribution is 6.01. The van der Waals surface area contributed by atoms with Gasteiger partial charge in [-0.3, -0.25) is 9.59 Å². The highest BCUT2D eigenvalue weighted by Crippen LogP contribution is 2.70. The Morgan fingerprint density at radius 1 is 1.18 bits per heavy atom. The number of aliphatic hydroxyl groups excluding tert-OH is 2. The Kier molecular flexibility index (Phi) is 7.96. The van der Waals surface area contributed by atoms with Crippen molar-refractivity contribution < 1.29 is 38.8 Å². The van der Waals surface area contributed by atoms with E-state index < -0.39 is 58.5 Å². The number of fused-ring (bicyclic) bond motifs is 5. The Hall–Kier alpha value is -2.10. The molecule has 4 aliphatic carbocycles. The maximum atomic E-state index is 17.2. The van der Waals surface area contributed by atoms with Gasteiger partial charge in [-0.1, -0.05) is 38.3 Å². The Morgan fingerprint density at radius 3 is 2.61 bits per heavy atom. The smallest absolute Gasteiger partial charge is 0.407 e. The van der Waals surface area contributed by atoms with Gasteiger partial charge in [-0.2, -0.15) is 0 Å². The average molecular weight is 536 g/mol. The van der Waals surface area contributed by atoms with Crippen LogP contribution in [0, 0.1) is 28.6 Å².